The van der Waals surface area contributed by atoms with Crippen LogP contribution < -0.4 is 0 Å². The first-order chi connectivity index (χ1) is 5.25. The van der Waals surface area contributed by atoms with Gasteiger partial charge in [-0.05, 0) is 12.5 Å². The van der Waals surface area contributed by atoms with E-state index in [1.165, 1.54) is 0 Å². The fourth-order valence-corrected chi connectivity index (χ4v) is 1.16. The standard InChI is InChI=1S/C9H11ClO/c1-2-8(10)7-5-3-4-6-9(7)11/h3-6,8,11H,2H2,1H3. The van der Waals surface area contributed by atoms with E-state index in [1.807, 2.05) is 19.1 Å². The van der Waals surface area contributed by atoms with Crippen LogP contribution in [0, 0.1) is 0 Å². The molecule has 60 valence electrons. The highest BCUT2D eigenvalue weighted by molar-refractivity contribution is 6.20. The Hall–Kier alpha value is -0.690. The Morgan fingerprint density at radius 1 is 1.45 bits per heavy atom. The number of hydrogen-bond donors (Lipinski definition) is 1. The Labute approximate surface area is 71.6 Å². The molecule has 1 rings (SSSR count). The molecule has 0 bridgehead atoms. The van der Waals surface area contributed by atoms with Gasteiger partial charge in [0.05, 0.1) is 5.38 Å². The molecule has 0 saturated carbocycles. The van der Waals surface area contributed by atoms with Gasteiger partial charge < -0.3 is 5.11 Å². The van der Waals surface area contributed by atoms with Crippen molar-refractivity contribution in [3.8, 4) is 5.75 Å². The minimum absolute atomic E-state index is 0.0730. The van der Waals surface area contributed by atoms with Gasteiger partial charge in [-0.1, -0.05) is 25.1 Å². The molecular weight excluding hydrogens is 160 g/mol. The lowest BCUT2D eigenvalue weighted by molar-refractivity contribution is 0.467. The first-order valence-electron chi connectivity index (χ1n) is 3.67. The lowest BCUT2D eigenvalue weighted by Gasteiger charge is -2.07. The number of alkyl halides is 1. The molecule has 1 aromatic rings. The minimum Gasteiger partial charge on any atom is -0.508 e. The molecule has 0 aliphatic rings. The highest BCUT2D eigenvalue weighted by Gasteiger charge is 2.08. The van der Waals surface area contributed by atoms with E-state index in [0.29, 0.717) is 0 Å². The lowest BCUT2D eigenvalue weighted by atomic mass is 10.1. The van der Waals surface area contributed by atoms with Crippen LogP contribution in [0.3, 0.4) is 0 Å². The van der Waals surface area contributed by atoms with Crippen LogP contribution >= 0.6 is 11.6 Å². The van der Waals surface area contributed by atoms with Crippen LogP contribution in [0.4, 0.5) is 0 Å². The van der Waals surface area contributed by atoms with Crippen LogP contribution in [0.1, 0.15) is 24.3 Å². The number of rotatable bonds is 2. The maximum Gasteiger partial charge on any atom is 0.120 e. The van der Waals surface area contributed by atoms with Crippen molar-refractivity contribution >= 4 is 11.6 Å². The molecule has 0 heterocycles. The van der Waals surface area contributed by atoms with Gasteiger partial charge in [-0.3, -0.25) is 0 Å². The summed E-state index contributed by atoms with van der Waals surface area (Å²) >= 11 is 5.94. The zero-order valence-corrected chi connectivity index (χ0v) is 7.17. The van der Waals surface area contributed by atoms with E-state index in [9.17, 15) is 5.11 Å². The van der Waals surface area contributed by atoms with E-state index in [0.717, 1.165) is 12.0 Å². The number of hydrogen-bond acceptors (Lipinski definition) is 1. The molecule has 1 aromatic carbocycles. The normalized spacial score (nSPS) is 12.9. The first-order valence-corrected chi connectivity index (χ1v) is 4.11. The Bertz CT molecular complexity index is 235. The number of aromatic hydroxyl groups is 1. The van der Waals surface area contributed by atoms with Crippen LogP contribution in [0.25, 0.3) is 0 Å². The van der Waals surface area contributed by atoms with Gasteiger partial charge in [-0.25, -0.2) is 0 Å². The van der Waals surface area contributed by atoms with Crippen LogP contribution in [0.5, 0.6) is 5.75 Å². The largest absolute Gasteiger partial charge is 0.508 e. The Morgan fingerprint density at radius 3 is 2.64 bits per heavy atom. The predicted molar refractivity (Wildman–Crippen MR) is 47.0 cm³/mol. The summed E-state index contributed by atoms with van der Waals surface area (Å²) in [7, 11) is 0. The molecule has 1 N–H and O–H groups in total. The SMILES string of the molecule is CCC(Cl)c1ccccc1O. The first kappa shape index (κ1) is 8.41. The van der Waals surface area contributed by atoms with Crippen molar-refractivity contribution in [3.05, 3.63) is 29.8 Å². The summed E-state index contributed by atoms with van der Waals surface area (Å²) < 4.78 is 0. The van der Waals surface area contributed by atoms with Gasteiger partial charge in [-0.15, -0.1) is 11.6 Å². The summed E-state index contributed by atoms with van der Waals surface area (Å²) in [6, 6.07) is 7.16. The average Bonchev–Trinajstić information content (AvgIpc) is 2.04. The number of para-hydroxylation sites is 1. The molecule has 1 nitrogen and oxygen atoms in total. The Balaban J connectivity index is 2.93. The van der Waals surface area contributed by atoms with Crippen molar-refractivity contribution in [2.24, 2.45) is 0 Å². The lowest BCUT2D eigenvalue weighted by Crippen LogP contribution is -1.87. The monoisotopic (exact) mass is 170 g/mol. The highest BCUT2D eigenvalue weighted by Crippen LogP contribution is 2.30. The van der Waals surface area contributed by atoms with E-state index in [2.05, 4.69) is 0 Å². The fourth-order valence-electron chi connectivity index (χ4n) is 0.972. The molecule has 1 atom stereocenters. The maximum absolute atomic E-state index is 9.33. The van der Waals surface area contributed by atoms with E-state index in [-0.39, 0.29) is 11.1 Å². The second-order valence-electron chi connectivity index (χ2n) is 2.43. The molecule has 0 radical (unpaired) electrons. The van der Waals surface area contributed by atoms with Gasteiger partial charge in [0.15, 0.2) is 0 Å². The van der Waals surface area contributed by atoms with Crippen molar-refractivity contribution < 1.29 is 5.11 Å². The molecule has 0 aliphatic heterocycles. The van der Waals surface area contributed by atoms with Crippen LogP contribution in [0.15, 0.2) is 24.3 Å². The zero-order valence-electron chi connectivity index (χ0n) is 6.42. The molecule has 2 heteroatoms. The topological polar surface area (TPSA) is 20.2 Å². The quantitative estimate of drug-likeness (QED) is 0.677. The number of benzene rings is 1. The Morgan fingerprint density at radius 2 is 2.09 bits per heavy atom. The second kappa shape index (κ2) is 3.63. The van der Waals surface area contributed by atoms with Gasteiger partial charge in [0.25, 0.3) is 0 Å². The molecule has 0 saturated heterocycles. The van der Waals surface area contributed by atoms with Gasteiger partial charge in [0.1, 0.15) is 5.75 Å². The summed E-state index contributed by atoms with van der Waals surface area (Å²) in [4.78, 5) is 0. The second-order valence-corrected chi connectivity index (χ2v) is 2.96. The molecule has 11 heavy (non-hydrogen) atoms. The maximum atomic E-state index is 9.33. The Kier molecular flexibility index (Phi) is 2.77. The number of halogens is 1. The third-order valence-electron chi connectivity index (χ3n) is 1.63. The average molecular weight is 171 g/mol. The van der Waals surface area contributed by atoms with Gasteiger partial charge >= 0.3 is 0 Å². The predicted octanol–water partition coefficient (Wildman–Crippen LogP) is 3.08. The van der Waals surface area contributed by atoms with E-state index in [1.54, 1.807) is 12.1 Å². The summed E-state index contributed by atoms with van der Waals surface area (Å²) in [5.41, 5.74) is 0.816. The van der Waals surface area contributed by atoms with E-state index < -0.39 is 0 Å². The van der Waals surface area contributed by atoms with Crippen molar-refractivity contribution in [1.82, 2.24) is 0 Å². The van der Waals surface area contributed by atoms with Crippen LogP contribution in [-0.4, -0.2) is 5.11 Å². The molecule has 0 aliphatic carbocycles. The van der Waals surface area contributed by atoms with Crippen molar-refractivity contribution in [2.45, 2.75) is 18.7 Å². The summed E-state index contributed by atoms with van der Waals surface area (Å²) in [6.07, 6.45) is 0.832. The molecule has 0 fully saturated rings. The fraction of sp³-hybridized carbons (Fsp3) is 0.333. The molecule has 0 aromatic heterocycles. The number of phenols is 1. The molecular formula is C9H11ClO. The molecule has 0 amide bonds. The van der Waals surface area contributed by atoms with Gasteiger partial charge in [0.2, 0.25) is 0 Å². The van der Waals surface area contributed by atoms with Crippen LogP contribution in [-0.2, 0) is 0 Å². The van der Waals surface area contributed by atoms with Crippen molar-refractivity contribution in [1.29, 1.82) is 0 Å². The molecule has 1 unspecified atom stereocenters. The van der Waals surface area contributed by atoms with Gasteiger partial charge in [-0.2, -0.15) is 0 Å². The highest BCUT2D eigenvalue weighted by atomic mass is 35.5. The van der Waals surface area contributed by atoms with E-state index >= 15 is 0 Å². The molecule has 0 spiro atoms. The smallest absolute Gasteiger partial charge is 0.120 e. The van der Waals surface area contributed by atoms with Crippen molar-refractivity contribution in [3.63, 3.8) is 0 Å². The van der Waals surface area contributed by atoms with Gasteiger partial charge in [0, 0.05) is 5.56 Å². The van der Waals surface area contributed by atoms with Crippen LogP contribution in [0.2, 0.25) is 0 Å². The number of phenolic OH excluding ortho intramolecular Hbond substituents is 1. The summed E-state index contributed by atoms with van der Waals surface area (Å²) in [6.45, 7) is 1.99. The third kappa shape index (κ3) is 1.87. The summed E-state index contributed by atoms with van der Waals surface area (Å²) in [5.74, 6) is 0.286. The third-order valence-corrected chi connectivity index (χ3v) is 2.18. The van der Waals surface area contributed by atoms with Crippen molar-refractivity contribution in [2.75, 3.05) is 0 Å². The minimum atomic E-state index is -0.0730. The van der Waals surface area contributed by atoms with E-state index in [4.69, 9.17) is 11.6 Å². The zero-order chi connectivity index (χ0) is 8.27. The summed E-state index contributed by atoms with van der Waals surface area (Å²) in [5, 5.41) is 9.25.